The predicted octanol–water partition coefficient (Wildman–Crippen LogP) is 5.03. The number of carbonyl (C=O) groups excluding carboxylic acids is 1. The molecule has 218 valence electrons. The van der Waals surface area contributed by atoms with Gasteiger partial charge in [0, 0.05) is 31.6 Å². The first kappa shape index (κ1) is 26.8. The normalized spacial score (nSPS) is 17.0. The summed E-state index contributed by atoms with van der Waals surface area (Å²) in [5, 5.41) is 21.2. The molecule has 2 aliphatic heterocycles. The van der Waals surface area contributed by atoms with Crippen molar-refractivity contribution in [2.24, 2.45) is 0 Å². The van der Waals surface area contributed by atoms with E-state index in [0.29, 0.717) is 31.4 Å². The minimum atomic E-state index is -1.19. The number of hydrogen-bond acceptors (Lipinski definition) is 8. The fraction of sp³-hybridized carbons (Fsp3) is 0.226. The molecule has 0 bridgehead atoms. The second-order valence-corrected chi connectivity index (χ2v) is 10.5. The van der Waals surface area contributed by atoms with Gasteiger partial charge in [0.2, 0.25) is 0 Å². The minimum absolute atomic E-state index is 0.00289. The molecule has 0 radical (unpaired) electrons. The average molecular weight is 586 g/mol. The molecule has 0 saturated carbocycles. The Labute approximate surface area is 244 Å². The maximum Gasteiger partial charge on any atom is 0.513 e. The Morgan fingerprint density at radius 3 is 2.42 bits per heavy atom. The van der Waals surface area contributed by atoms with Gasteiger partial charge in [0.15, 0.2) is 17.4 Å². The summed E-state index contributed by atoms with van der Waals surface area (Å²) in [6.45, 7) is 1.90. The highest BCUT2D eigenvalue weighted by molar-refractivity contribution is 5.92. The molecule has 2 N–H and O–H groups in total. The van der Waals surface area contributed by atoms with Crippen LogP contribution in [0.4, 0.5) is 29.9 Å². The summed E-state index contributed by atoms with van der Waals surface area (Å²) in [5.41, 5.74) is 4.37. The van der Waals surface area contributed by atoms with Gasteiger partial charge in [0.05, 0.1) is 29.5 Å². The van der Waals surface area contributed by atoms with E-state index in [9.17, 15) is 19.1 Å². The van der Waals surface area contributed by atoms with Crippen LogP contribution in [0.15, 0.2) is 66.7 Å². The van der Waals surface area contributed by atoms with E-state index in [0.717, 1.165) is 33.2 Å². The van der Waals surface area contributed by atoms with E-state index in [4.69, 9.17) is 9.47 Å². The van der Waals surface area contributed by atoms with Crippen LogP contribution in [0.2, 0.25) is 0 Å². The maximum atomic E-state index is 15.1. The molecule has 1 fully saturated rings. The van der Waals surface area contributed by atoms with Gasteiger partial charge in [-0.1, -0.05) is 48.5 Å². The Balaban J connectivity index is 1.18. The van der Waals surface area contributed by atoms with Crippen LogP contribution in [-0.2, 0) is 4.74 Å². The van der Waals surface area contributed by atoms with Gasteiger partial charge in [-0.15, -0.1) is 10.2 Å². The molecule has 4 aromatic rings. The molecule has 1 atom stereocenters. The predicted molar refractivity (Wildman–Crippen MR) is 152 cm³/mol. The van der Waals surface area contributed by atoms with Crippen molar-refractivity contribution in [3.05, 3.63) is 89.5 Å². The number of benzene rings is 3. The SMILES string of the molecule is O=C(OCC1c2ccccc2-c2ccccc21)Oc1c(F)cc(F)cc1-c1cc2c(nn1)N(C(=O)O)C[C@H]1CNCCN21. The second kappa shape index (κ2) is 10.6. The number of ether oxygens (including phenoxy) is 2. The molecular weight excluding hydrogens is 560 g/mol. The standard InChI is InChI=1S/C31H25F2N5O5/c32-17-11-23(26-13-27-29(36-35-26)38(30(39)40)15-18-14-34-9-10-37(18)27)28(25(33)12-17)43-31(41)42-16-24-21-7-3-1-5-19(21)20-6-2-4-8-22(20)24/h1-8,11-13,18,24,34H,9-10,14-16H2,(H,39,40)/t18-/m1/s1. The lowest BCUT2D eigenvalue weighted by molar-refractivity contribution is 0.0951. The lowest BCUT2D eigenvalue weighted by Gasteiger charge is -2.44. The van der Waals surface area contributed by atoms with E-state index < -0.39 is 29.6 Å². The molecule has 1 aromatic heterocycles. The molecule has 12 heteroatoms. The molecule has 7 rings (SSSR count). The molecule has 10 nitrogen and oxygen atoms in total. The van der Waals surface area contributed by atoms with Gasteiger partial charge in [-0.3, -0.25) is 4.90 Å². The van der Waals surface area contributed by atoms with Gasteiger partial charge in [-0.2, -0.15) is 0 Å². The van der Waals surface area contributed by atoms with E-state index in [1.165, 1.54) is 6.07 Å². The van der Waals surface area contributed by atoms with Crippen molar-refractivity contribution in [3.8, 4) is 28.1 Å². The summed E-state index contributed by atoms with van der Waals surface area (Å²) >= 11 is 0. The van der Waals surface area contributed by atoms with Crippen molar-refractivity contribution in [2.75, 3.05) is 42.6 Å². The van der Waals surface area contributed by atoms with Gasteiger partial charge >= 0.3 is 12.2 Å². The number of rotatable bonds is 4. The maximum absolute atomic E-state index is 15.1. The number of aromatic nitrogens is 2. The van der Waals surface area contributed by atoms with E-state index >= 15 is 4.39 Å². The molecule has 3 aromatic carbocycles. The van der Waals surface area contributed by atoms with Crippen LogP contribution < -0.4 is 19.9 Å². The molecule has 1 amide bonds. The van der Waals surface area contributed by atoms with Crippen LogP contribution in [0.25, 0.3) is 22.4 Å². The zero-order valence-electron chi connectivity index (χ0n) is 22.7. The van der Waals surface area contributed by atoms with Crippen molar-refractivity contribution in [1.82, 2.24) is 15.5 Å². The molecule has 0 unspecified atom stereocenters. The number of fused-ring (bicyclic) bond motifs is 6. The van der Waals surface area contributed by atoms with Crippen LogP contribution >= 0.6 is 0 Å². The number of anilines is 2. The first-order valence-corrected chi connectivity index (χ1v) is 13.8. The number of nitrogens with one attached hydrogen (secondary N) is 1. The van der Waals surface area contributed by atoms with Crippen molar-refractivity contribution in [3.63, 3.8) is 0 Å². The van der Waals surface area contributed by atoms with Crippen LogP contribution in [0.1, 0.15) is 17.0 Å². The highest BCUT2D eigenvalue weighted by Gasteiger charge is 2.37. The van der Waals surface area contributed by atoms with E-state index in [1.807, 2.05) is 53.4 Å². The molecule has 3 aliphatic rings. The minimum Gasteiger partial charge on any atom is -0.465 e. The number of amides is 1. The summed E-state index contributed by atoms with van der Waals surface area (Å²) in [7, 11) is 0. The summed E-state index contributed by atoms with van der Waals surface area (Å²) < 4.78 is 40.4. The Morgan fingerprint density at radius 2 is 1.70 bits per heavy atom. The fourth-order valence-corrected chi connectivity index (χ4v) is 6.18. The zero-order valence-corrected chi connectivity index (χ0v) is 22.7. The second-order valence-electron chi connectivity index (χ2n) is 10.5. The van der Waals surface area contributed by atoms with Gasteiger partial charge in [0.25, 0.3) is 0 Å². The Morgan fingerprint density at radius 1 is 0.977 bits per heavy atom. The Kier molecular flexibility index (Phi) is 6.62. The smallest absolute Gasteiger partial charge is 0.465 e. The quantitative estimate of drug-likeness (QED) is 0.251. The number of hydrogen-bond donors (Lipinski definition) is 2. The highest BCUT2D eigenvalue weighted by Crippen LogP contribution is 2.45. The molecule has 1 aliphatic carbocycles. The number of carbonyl (C=O) groups is 2. The number of carboxylic acid groups (broad SMARTS) is 1. The molecule has 0 spiro atoms. The van der Waals surface area contributed by atoms with Gasteiger partial charge < -0.3 is 24.8 Å². The number of nitrogens with zero attached hydrogens (tertiary/aromatic N) is 4. The third kappa shape index (κ3) is 4.69. The summed E-state index contributed by atoms with van der Waals surface area (Å²) in [6.07, 6.45) is -2.36. The number of halogens is 2. The first-order chi connectivity index (χ1) is 20.9. The third-order valence-electron chi connectivity index (χ3n) is 8.09. The van der Waals surface area contributed by atoms with Crippen molar-refractivity contribution in [2.45, 2.75) is 12.0 Å². The summed E-state index contributed by atoms with van der Waals surface area (Å²) in [4.78, 5) is 28.0. The van der Waals surface area contributed by atoms with Crippen molar-refractivity contribution in [1.29, 1.82) is 0 Å². The molecule has 3 heterocycles. The fourth-order valence-electron chi connectivity index (χ4n) is 6.18. The van der Waals surface area contributed by atoms with Gasteiger partial charge in [-0.05, 0) is 34.4 Å². The van der Waals surface area contributed by atoms with Crippen molar-refractivity contribution < 1.29 is 33.0 Å². The average Bonchev–Trinajstić information content (AvgIpc) is 3.34. The molecular formula is C31H25F2N5O5. The van der Waals surface area contributed by atoms with E-state index in [2.05, 4.69) is 15.5 Å². The third-order valence-corrected chi connectivity index (χ3v) is 8.09. The van der Waals surface area contributed by atoms with E-state index in [1.54, 1.807) is 0 Å². The molecule has 1 saturated heterocycles. The summed E-state index contributed by atoms with van der Waals surface area (Å²) in [6, 6.07) is 18.6. The van der Waals surface area contributed by atoms with Crippen molar-refractivity contribution >= 4 is 23.8 Å². The topological polar surface area (TPSA) is 117 Å². The Bertz CT molecular complexity index is 1720. The zero-order chi connectivity index (χ0) is 29.7. The first-order valence-electron chi connectivity index (χ1n) is 13.8. The molecule has 43 heavy (non-hydrogen) atoms. The van der Waals surface area contributed by atoms with Crippen LogP contribution in [-0.4, -0.2) is 66.4 Å². The van der Waals surface area contributed by atoms with Gasteiger partial charge in [-0.25, -0.2) is 18.4 Å². The lowest BCUT2D eigenvalue weighted by Crippen LogP contribution is -2.59. The van der Waals surface area contributed by atoms with E-state index in [-0.39, 0.29) is 42.2 Å². The van der Waals surface area contributed by atoms with Crippen LogP contribution in [0, 0.1) is 11.6 Å². The Hall–Kier alpha value is -5.10. The number of piperazine rings is 1. The summed E-state index contributed by atoms with van der Waals surface area (Å²) in [5.74, 6) is -2.75. The largest absolute Gasteiger partial charge is 0.513 e. The lowest BCUT2D eigenvalue weighted by atomic mass is 9.98. The van der Waals surface area contributed by atoms with Crippen LogP contribution in [0.5, 0.6) is 5.75 Å². The van der Waals surface area contributed by atoms with Gasteiger partial charge in [0.1, 0.15) is 12.4 Å². The highest BCUT2D eigenvalue weighted by atomic mass is 19.1. The monoisotopic (exact) mass is 585 g/mol. The van der Waals surface area contributed by atoms with Crippen LogP contribution in [0.3, 0.4) is 0 Å².